The van der Waals surface area contributed by atoms with Crippen LogP contribution >= 0.6 is 0 Å². The van der Waals surface area contributed by atoms with E-state index in [9.17, 15) is 5.11 Å². The minimum absolute atomic E-state index is 0.00942. The van der Waals surface area contributed by atoms with E-state index < -0.39 is 0 Å². The molecule has 0 aliphatic heterocycles. The summed E-state index contributed by atoms with van der Waals surface area (Å²) in [6, 6.07) is 0. The third-order valence-electron chi connectivity index (χ3n) is 5.98. The maximum atomic E-state index is 10.7. The second kappa shape index (κ2) is 6.52. The molecule has 0 aromatic heterocycles. The van der Waals surface area contributed by atoms with Gasteiger partial charge in [-0.2, -0.15) is 0 Å². The van der Waals surface area contributed by atoms with Gasteiger partial charge in [0.15, 0.2) is 0 Å². The molecule has 2 aliphatic carbocycles. The zero-order chi connectivity index (χ0) is 15.6. The Morgan fingerprint density at radius 3 is 2.57 bits per heavy atom. The number of rotatable bonds is 1. The van der Waals surface area contributed by atoms with Gasteiger partial charge in [0, 0.05) is 5.41 Å². The Kier molecular flexibility index (Phi) is 5.14. The van der Waals surface area contributed by atoms with Gasteiger partial charge in [-0.1, -0.05) is 42.4 Å². The molecule has 0 radical (unpaired) electrons. The smallest absolute Gasteiger partial charge is 0.0605 e. The molecule has 0 spiro atoms. The van der Waals surface area contributed by atoms with E-state index in [0.29, 0.717) is 11.8 Å². The summed E-state index contributed by atoms with van der Waals surface area (Å²) in [5, 5.41) is 10.7. The lowest BCUT2D eigenvalue weighted by molar-refractivity contribution is 0.0380. The van der Waals surface area contributed by atoms with Crippen LogP contribution in [-0.4, -0.2) is 11.2 Å². The minimum Gasteiger partial charge on any atom is -0.393 e. The Labute approximate surface area is 130 Å². The molecular weight excluding hydrogens is 256 g/mol. The molecule has 0 heterocycles. The number of hydrogen-bond acceptors (Lipinski definition) is 1. The molecule has 0 saturated heterocycles. The van der Waals surface area contributed by atoms with Gasteiger partial charge in [0.05, 0.1) is 6.10 Å². The third-order valence-corrected chi connectivity index (χ3v) is 5.98. The Morgan fingerprint density at radius 1 is 1.24 bits per heavy atom. The van der Waals surface area contributed by atoms with Crippen molar-refractivity contribution in [2.24, 2.45) is 17.3 Å². The van der Waals surface area contributed by atoms with Crippen LogP contribution in [-0.2, 0) is 0 Å². The van der Waals surface area contributed by atoms with Gasteiger partial charge in [-0.15, -0.1) is 0 Å². The van der Waals surface area contributed by atoms with Crippen molar-refractivity contribution in [3.63, 3.8) is 0 Å². The first-order valence-electron chi connectivity index (χ1n) is 8.49. The molecule has 1 nitrogen and oxygen atoms in total. The maximum Gasteiger partial charge on any atom is 0.0605 e. The van der Waals surface area contributed by atoms with Crippen LogP contribution in [0.1, 0.15) is 66.2 Å². The van der Waals surface area contributed by atoms with Crippen molar-refractivity contribution in [1.82, 2.24) is 0 Å². The Morgan fingerprint density at radius 2 is 1.90 bits per heavy atom. The van der Waals surface area contributed by atoms with E-state index in [-0.39, 0.29) is 11.5 Å². The Hall–Kier alpha value is -0.820. The Balaban J connectivity index is 2.33. The number of hydrogen-bond donors (Lipinski definition) is 1. The topological polar surface area (TPSA) is 20.2 Å². The van der Waals surface area contributed by atoms with Crippen molar-refractivity contribution in [2.75, 3.05) is 0 Å². The summed E-state index contributed by atoms with van der Waals surface area (Å²) in [6.07, 6.45) is 11.1. The van der Waals surface area contributed by atoms with Gasteiger partial charge in [-0.25, -0.2) is 0 Å². The molecule has 2 aliphatic rings. The van der Waals surface area contributed by atoms with Crippen LogP contribution in [0, 0.1) is 17.3 Å². The summed E-state index contributed by atoms with van der Waals surface area (Å²) in [7, 11) is 0. The van der Waals surface area contributed by atoms with Crippen molar-refractivity contribution in [2.45, 2.75) is 72.3 Å². The largest absolute Gasteiger partial charge is 0.393 e. The van der Waals surface area contributed by atoms with Crippen LogP contribution in [0.4, 0.5) is 0 Å². The lowest BCUT2D eigenvalue weighted by Crippen LogP contribution is -2.33. The standard InChI is InChI=1S/C20H32O/c1-14(2)17-13-19(21)20(5)12-11-16(4)8-6-7-15(3)9-10-18(17)20/h7,11,17-19,21H,1,6,8-10,12-13H2,2-5H3/b15-7?,16-11+/t17-,18+,19+,20-/m1/s1. The van der Waals surface area contributed by atoms with Gasteiger partial charge >= 0.3 is 0 Å². The lowest BCUT2D eigenvalue weighted by atomic mass is 9.70. The van der Waals surface area contributed by atoms with E-state index in [1.807, 2.05) is 0 Å². The normalized spacial score (nSPS) is 40.5. The van der Waals surface area contributed by atoms with E-state index in [1.54, 1.807) is 0 Å². The first kappa shape index (κ1) is 16.5. The average molecular weight is 288 g/mol. The average Bonchev–Trinajstić information content (AvgIpc) is 2.65. The molecule has 2 rings (SSSR count). The Bertz CT molecular complexity index is 456. The van der Waals surface area contributed by atoms with E-state index in [2.05, 4.69) is 46.4 Å². The second-order valence-electron chi connectivity index (χ2n) is 7.70. The molecule has 0 amide bonds. The van der Waals surface area contributed by atoms with Crippen molar-refractivity contribution in [3.05, 3.63) is 35.5 Å². The minimum atomic E-state index is -0.196. The highest BCUT2D eigenvalue weighted by Crippen LogP contribution is 2.54. The summed E-state index contributed by atoms with van der Waals surface area (Å²) in [5.41, 5.74) is 4.23. The van der Waals surface area contributed by atoms with Crippen LogP contribution in [0.25, 0.3) is 0 Å². The molecule has 1 fully saturated rings. The van der Waals surface area contributed by atoms with Crippen LogP contribution in [0.2, 0.25) is 0 Å². The van der Waals surface area contributed by atoms with Crippen molar-refractivity contribution in [3.8, 4) is 0 Å². The number of aliphatic hydroxyl groups is 1. The van der Waals surface area contributed by atoms with Crippen molar-refractivity contribution in [1.29, 1.82) is 0 Å². The molecule has 118 valence electrons. The highest BCUT2D eigenvalue weighted by Gasteiger charge is 2.50. The van der Waals surface area contributed by atoms with E-state index >= 15 is 0 Å². The first-order valence-corrected chi connectivity index (χ1v) is 8.49. The van der Waals surface area contributed by atoms with Gasteiger partial charge in [-0.3, -0.25) is 0 Å². The predicted octanol–water partition coefficient (Wildman–Crippen LogP) is 5.42. The highest BCUT2D eigenvalue weighted by atomic mass is 16.3. The summed E-state index contributed by atoms with van der Waals surface area (Å²) in [6.45, 7) is 13.1. The molecular formula is C20H32O. The first-order chi connectivity index (χ1) is 9.84. The van der Waals surface area contributed by atoms with E-state index in [4.69, 9.17) is 0 Å². The highest BCUT2D eigenvalue weighted by molar-refractivity contribution is 5.15. The molecule has 0 aromatic rings. The third kappa shape index (κ3) is 3.51. The fourth-order valence-corrected chi connectivity index (χ4v) is 4.27. The number of fused-ring (bicyclic) bond motifs is 1. The van der Waals surface area contributed by atoms with Crippen LogP contribution < -0.4 is 0 Å². The van der Waals surface area contributed by atoms with Gasteiger partial charge in [0.1, 0.15) is 0 Å². The van der Waals surface area contributed by atoms with E-state index in [1.165, 1.54) is 23.1 Å². The molecule has 1 saturated carbocycles. The summed E-state index contributed by atoms with van der Waals surface area (Å²) >= 11 is 0. The molecule has 4 atom stereocenters. The lowest BCUT2D eigenvalue weighted by Gasteiger charge is -2.36. The van der Waals surface area contributed by atoms with Crippen LogP contribution in [0.15, 0.2) is 35.5 Å². The summed E-state index contributed by atoms with van der Waals surface area (Å²) in [5.74, 6) is 1.03. The zero-order valence-electron chi connectivity index (χ0n) is 14.3. The molecule has 0 aromatic carbocycles. The van der Waals surface area contributed by atoms with Crippen molar-refractivity contribution >= 4 is 0 Å². The quantitative estimate of drug-likeness (QED) is 0.638. The molecule has 0 bridgehead atoms. The SMILES string of the molecule is C=C(C)[C@H]1C[C@H](O)[C@]2(C)C/C=C(\C)CCC=C(C)CC[C@@H]12. The van der Waals surface area contributed by atoms with Gasteiger partial charge in [-0.05, 0) is 71.1 Å². The zero-order valence-corrected chi connectivity index (χ0v) is 14.3. The van der Waals surface area contributed by atoms with E-state index in [0.717, 1.165) is 32.1 Å². The van der Waals surface area contributed by atoms with Crippen LogP contribution in [0.3, 0.4) is 0 Å². The van der Waals surface area contributed by atoms with Crippen LogP contribution in [0.5, 0.6) is 0 Å². The monoisotopic (exact) mass is 288 g/mol. The molecule has 21 heavy (non-hydrogen) atoms. The van der Waals surface area contributed by atoms with Gasteiger partial charge in [0.2, 0.25) is 0 Å². The number of allylic oxidation sites excluding steroid dienone is 5. The van der Waals surface area contributed by atoms with Crippen molar-refractivity contribution < 1.29 is 5.11 Å². The second-order valence-corrected chi connectivity index (χ2v) is 7.70. The summed E-state index contributed by atoms with van der Waals surface area (Å²) in [4.78, 5) is 0. The maximum absolute atomic E-state index is 10.7. The molecule has 0 unspecified atom stereocenters. The van der Waals surface area contributed by atoms with Gasteiger partial charge < -0.3 is 5.11 Å². The molecule has 1 heteroatoms. The predicted molar refractivity (Wildman–Crippen MR) is 91.1 cm³/mol. The fraction of sp³-hybridized carbons (Fsp3) is 0.700. The fourth-order valence-electron chi connectivity index (χ4n) is 4.27. The van der Waals surface area contributed by atoms with Gasteiger partial charge in [0.25, 0.3) is 0 Å². The molecule has 1 N–H and O–H groups in total. The summed E-state index contributed by atoms with van der Waals surface area (Å²) < 4.78 is 0. The number of aliphatic hydroxyl groups excluding tert-OH is 1.